The molecular weight excluding hydrogens is 306 g/mol. The van der Waals surface area contributed by atoms with E-state index in [1.807, 2.05) is 22.6 Å². The second kappa shape index (κ2) is 2.81. The summed E-state index contributed by atoms with van der Waals surface area (Å²) in [6.45, 7) is 0. The smallest absolute Gasteiger partial charge is 0.161 e. The van der Waals surface area contributed by atoms with Gasteiger partial charge in [0, 0.05) is 0 Å². The van der Waals surface area contributed by atoms with Crippen molar-refractivity contribution in [2.24, 2.45) is 5.41 Å². The Morgan fingerprint density at radius 1 is 1.08 bits per heavy atom. The Kier molecular flexibility index (Phi) is 2.19. The molecule has 1 saturated carbocycles. The molecule has 0 N–H and O–H groups in total. The Morgan fingerprint density at radius 2 is 1.54 bits per heavy atom. The highest BCUT2D eigenvalue weighted by molar-refractivity contribution is 14.1. The Hall–Kier alpha value is 0.610. The summed E-state index contributed by atoms with van der Waals surface area (Å²) < 4.78 is 34.4. The molecule has 13 heavy (non-hydrogen) atoms. The van der Waals surface area contributed by atoms with Gasteiger partial charge in [-0.3, -0.25) is 0 Å². The van der Waals surface area contributed by atoms with Crippen molar-refractivity contribution in [1.29, 1.82) is 0 Å². The third-order valence-corrected chi connectivity index (χ3v) is 6.28. The highest BCUT2D eigenvalue weighted by Crippen LogP contribution is 2.51. The summed E-state index contributed by atoms with van der Waals surface area (Å²) in [5.74, 6) is 0.597. The highest BCUT2D eigenvalue weighted by Gasteiger charge is 2.52. The molecule has 1 spiro atoms. The minimum absolute atomic E-state index is 0.0421. The number of halogens is 2. The Balaban J connectivity index is 2.01. The molecule has 0 amide bonds. The minimum Gasteiger partial charge on any atom is -0.232 e. The third kappa shape index (κ3) is 2.00. The summed E-state index contributed by atoms with van der Waals surface area (Å²) in [7, 11) is -2.75. The molecule has 0 aromatic rings. The summed E-state index contributed by atoms with van der Waals surface area (Å²) in [5, 5.41) is 0. The first kappa shape index (κ1) is 10.1. The van der Waals surface area contributed by atoms with Gasteiger partial charge in [0.1, 0.15) is 0 Å². The van der Waals surface area contributed by atoms with Crippen molar-refractivity contribution >= 4 is 32.4 Å². The van der Waals surface area contributed by atoms with Crippen LogP contribution in [0.25, 0.3) is 0 Å². The lowest BCUT2D eigenvalue weighted by Gasteiger charge is -2.46. The predicted molar refractivity (Wildman–Crippen MR) is 57.4 cm³/mol. The molecule has 2 rings (SSSR count). The summed E-state index contributed by atoms with van der Waals surface area (Å²) in [5.41, 5.74) is -0.0421. The van der Waals surface area contributed by atoms with Crippen molar-refractivity contribution < 1.29 is 12.8 Å². The molecule has 1 aliphatic heterocycles. The summed E-state index contributed by atoms with van der Waals surface area (Å²) in [4.78, 5) is 0. The van der Waals surface area contributed by atoms with E-state index in [0.717, 1.165) is 12.8 Å². The molecule has 2 aliphatic rings. The largest absolute Gasteiger partial charge is 0.232 e. The fraction of sp³-hybridized carbons (Fsp3) is 1.00. The van der Waals surface area contributed by atoms with Gasteiger partial charge in [-0.1, -0.05) is 0 Å². The van der Waals surface area contributed by atoms with Gasteiger partial charge in [-0.15, -0.1) is 0 Å². The molecule has 0 bridgehead atoms. The van der Waals surface area contributed by atoms with Crippen molar-refractivity contribution in [3.05, 3.63) is 0 Å². The average Bonchev–Trinajstić information content (AvgIpc) is 1.92. The van der Waals surface area contributed by atoms with Gasteiger partial charge < -0.3 is 0 Å². The van der Waals surface area contributed by atoms with Gasteiger partial charge in [-0.2, -0.15) is 0 Å². The van der Waals surface area contributed by atoms with Gasteiger partial charge in [0.15, 0.2) is 13.5 Å². The van der Waals surface area contributed by atoms with E-state index in [4.69, 9.17) is 0 Å². The van der Waals surface area contributed by atoms with Gasteiger partial charge in [0.2, 0.25) is 0 Å². The van der Waals surface area contributed by atoms with Crippen molar-refractivity contribution in [1.82, 2.24) is 0 Å². The van der Waals surface area contributed by atoms with Crippen LogP contribution in [-0.2, 0) is 9.84 Å². The van der Waals surface area contributed by atoms with Crippen LogP contribution in [0.15, 0.2) is 0 Å². The van der Waals surface area contributed by atoms with Crippen molar-refractivity contribution in [2.45, 2.75) is 29.4 Å². The maximum Gasteiger partial charge on any atom is 0.161 e. The predicted octanol–water partition coefficient (Wildman–Crippen LogP) is 2.08. The van der Waals surface area contributed by atoms with Gasteiger partial charge >= 0.3 is 0 Å². The Morgan fingerprint density at radius 3 is 1.92 bits per heavy atom. The molecule has 0 radical (unpaired) electrons. The van der Waals surface area contributed by atoms with Gasteiger partial charge in [0.25, 0.3) is 0 Å². The molecule has 5 heteroatoms. The van der Waals surface area contributed by atoms with Crippen molar-refractivity contribution in [3.8, 4) is 0 Å². The van der Waals surface area contributed by atoms with E-state index < -0.39 is 13.5 Å². The molecule has 76 valence electrons. The quantitative estimate of drug-likeness (QED) is 0.506. The van der Waals surface area contributed by atoms with E-state index in [9.17, 15) is 12.8 Å². The van der Waals surface area contributed by atoms with Crippen LogP contribution in [0.1, 0.15) is 25.7 Å². The molecule has 1 heterocycles. The number of hydrogen-bond acceptors (Lipinski definition) is 2. The molecule has 1 aliphatic carbocycles. The SMILES string of the molecule is O=S1(=O)CC2(CCC(F)(I)CC2)C1. The fourth-order valence-electron chi connectivity index (χ4n) is 2.33. The highest BCUT2D eigenvalue weighted by atomic mass is 127. The lowest BCUT2D eigenvalue weighted by molar-refractivity contribution is 0.133. The van der Waals surface area contributed by atoms with E-state index in [1.165, 1.54) is 0 Å². The number of hydrogen-bond donors (Lipinski definition) is 0. The average molecular weight is 318 g/mol. The van der Waals surface area contributed by atoms with Crippen molar-refractivity contribution in [2.75, 3.05) is 11.5 Å². The van der Waals surface area contributed by atoms with Gasteiger partial charge in [0.05, 0.1) is 11.5 Å². The number of sulfone groups is 1. The standard InChI is InChI=1S/C8H12FIO2S/c9-8(10)3-1-7(2-4-8)5-13(11,12)6-7/h1-6H2. The third-order valence-electron chi connectivity index (χ3n) is 3.09. The van der Waals surface area contributed by atoms with Crippen LogP contribution in [0.3, 0.4) is 0 Å². The normalized spacial score (nSPS) is 34.0. The molecule has 0 atom stereocenters. The van der Waals surface area contributed by atoms with Crippen LogP contribution < -0.4 is 0 Å². The zero-order valence-corrected chi connectivity index (χ0v) is 10.2. The molecule has 1 saturated heterocycles. The van der Waals surface area contributed by atoms with E-state index in [0.29, 0.717) is 24.3 Å². The molecule has 2 nitrogen and oxygen atoms in total. The monoisotopic (exact) mass is 318 g/mol. The van der Waals surface area contributed by atoms with E-state index in [1.54, 1.807) is 0 Å². The van der Waals surface area contributed by atoms with Crippen LogP contribution in [0.5, 0.6) is 0 Å². The zero-order valence-electron chi connectivity index (χ0n) is 7.22. The second-order valence-electron chi connectivity index (χ2n) is 4.39. The second-order valence-corrected chi connectivity index (χ2v) is 8.39. The first-order valence-corrected chi connectivity index (χ1v) is 7.31. The first-order chi connectivity index (χ1) is 5.83. The molecule has 2 fully saturated rings. The van der Waals surface area contributed by atoms with Crippen LogP contribution in [0.4, 0.5) is 4.39 Å². The van der Waals surface area contributed by atoms with Crippen LogP contribution in [0.2, 0.25) is 0 Å². The van der Waals surface area contributed by atoms with Crippen LogP contribution in [0, 0.1) is 5.41 Å². The fourth-order valence-corrected chi connectivity index (χ4v) is 5.22. The van der Waals surface area contributed by atoms with Crippen LogP contribution >= 0.6 is 22.6 Å². The Labute approximate surface area is 91.3 Å². The maximum atomic E-state index is 13.4. The number of alkyl halides is 2. The molecule has 0 aromatic carbocycles. The first-order valence-electron chi connectivity index (χ1n) is 4.41. The topological polar surface area (TPSA) is 34.1 Å². The lowest BCUT2D eigenvalue weighted by Crippen LogP contribution is -2.51. The van der Waals surface area contributed by atoms with E-state index in [-0.39, 0.29) is 5.41 Å². The lowest BCUT2D eigenvalue weighted by atomic mass is 9.76. The zero-order chi connectivity index (χ0) is 9.74. The molecular formula is C8H12FIO2S. The molecule has 0 aromatic heterocycles. The summed E-state index contributed by atoms with van der Waals surface area (Å²) in [6, 6.07) is 0. The molecule has 0 unspecified atom stereocenters. The van der Waals surface area contributed by atoms with Crippen molar-refractivity contribution in [3.63, 3.8) is 0 Å². The van der Waals surface area contributed by atoms with Crippen LogP contribution in [-0.4, -0.2) is 23.6 Å². The summed E-state index contributed by atoms with van der Waals surface area (Å²) >= 11 is 1.84. The maximum absolute atomic E-state index is 13.4. The Bertz CT molecular complexity index is 299. The van der Waals surface area contributed by atoms with E-state index in [2.05, 4.69) is 0 Å². The number of rotatable bonds is 0. The van der Waals surface area contributed by atoms with E-state index >= 15 is 0 Å². The minimum atomic E-state index is -2.75. The van der Waals surface area contributed by atoms with Gasteiger partial charge in [-0.25, -0.2) is 12.8 Å². The van der Waals surface area contributed by atoms with Gasteiger partial charge in [-0.05, 0) is 53.7 Å². The summed E-state index contributed by atoms with van der Waals surface area (Å²) in [6.07, 6.45) is 2.52.